The van der Waals surface area contributed by atoms with E-state index in [2.05, 4.69) is 44.5 Å². The summed E-state index contributed by atoms with van der Waals surface area (Å²) in [6.45, 7) is 9.78. The summed E-state index contributed by atoms with van der Waals surface area (Å²) in [5, 5.41) is 7.05. The topological polar surface area (TPSA) is 61.4 Å². The van der Waals surface area contributed by atoms with Crippen molar-refractivity contribution in [2.75, 3.05) is 66.6 Å². The van der Waals surface area contributed by atoms with Crippen LogP contribution in [-0.2, 0) is 4.74 Å². The second-order valence-electron chi connectivity index (χ2n) is 8.20. The zero-order valence-electron chi connectivity index (χ0n) is 18.9. The lowest BCUT2D eigenvalue weighted by Crippen LogP contribution is -2.48. The van der Waals surface area contributed by atoms with E-state index < -0.39 is 0 Å². The van der Waals surface area contributed by atoms with Crippen molar-refractivity contribution < 1.29 is 9.47 Å². The molecule has 168 valence electrons. The first-order chi connectivity index (χ1) is 14.7. The Morgan fingerprint density at radius 1 is 1.17 bits per heavy atom. The molecule has 1 aromatic carbocycles. The van der Waals surface area contributed by atoms with Gasteiger partial charge < -0.3 is 20.1 Å². The van der Waals surface area contributed by atoms with E-state index in [0.29, 0.717) is 6.04 Å². The summed E-state index contributed by atoms with van der Waals surface area (Å²) >= 11 is 0. The lowest BCUT2D eigenvalue weighted by atomic mass is 10.0. The number of nitrogens with one attached hydrogen (secondary N) is 2. The van der Waals surface area contributed by atoms with Crippen LogP contribution in [0.2, 0.25) is 0 Å². The van der Waals surface area contributed by atoms with Gasteiger partial charge in [-0.25, -0.2) is 0 Å². The first-order valence-corrected chi connectivity index (χ1v) is 11.4. The van der Waals surface area contributed by atoms with Gasteiger partial charge in [-0.1, -0.05) is 18.6 Å². The summed E-state index contributed by atoms with van der Waals surface area (Å²) in [7, 11) is 3.55. The van der Waals surface area contributed by atoms with Crippen LogP contribution in [0.1, 0.15) is 37.8 Å². The molecule has 30 heavy (non-hydrogen) atoms. The summed E-state index contributed by atoms with van der Waals surface area (Å²) < 4.78 is 10.9. The average Bonchev–Trinajstić information content (AvgIpc) is 2.80. The van der Waals surface area contributed by atoms with E-state index in [4.69, 9.17) is 9.47 Å². The van der Waals surface area contributed by atoms with Crippen molar-refractivity contribution in [1.82, 2.24) is 20.4 Å². The number of likely N-dealkylation sites (tertiary alicyclic amines) is 1. The van der Waals surface area contributed by atoms with E-state index in [0.717, 1.165) is 57.6 Å². The Labute approximate surface area is 181 Å². The number of methoxy groups -OCH3 is 1. The highest BCUT2D eigenvalue weighted by atomic mass is 16.5. The minimum absolute atomic E-state index is 0.264. The molecule has 2 atom stereocenters. The maximum absolute atomic E-state index is 5.57. The first-order valence-electron chi connectivity index (χ1n) is 11.4. The maximum Gasteiger partial charge on any atom is 0.191 e. The van der Waals surface area contributed by atoms with E-state index >= 15 is 0 Å². The van der Waals surface area contributed by atoms with Crippen LogP contribution in [0.3, 0.4) is 0 Å². The Hall–Kier alpha value is -1.83. The second-order valence-corrected chi connectivity index (χ2v) is 8.20. The lowest BCUT2D eigenvalue weighted by Gasteiger charge is -2.35. The van der Waals surface area contributed by atoms with Gasteiger partial charge in [-0.2, -0.15) is 0 Å². The normalized spacial score (nSPS) is 22.5. The smallest absolute Gasteiger partial charge is 0.191 e. The zero-order chi connectivity index (χ0) is 21.2. The quantitative estimate of drug-likeness (QED) is 0.499. The molecule has 0 aliphatic carbocycles. The number of guanidine groups is 1. The number of ether oxygens (including phenoxy) is 2. The third kappa shape index (κ3) is 6.59. The molecular weight excluding hydrogens is 378 g/mol. The number of hydrogen-bond donors (Lipinski definition) is 2. The van der Waals surface area contributed by atoms with Crippen molar-refractivity contribution in [2.45, 2.75) is 38.3 Å². The third-order valence-electron chi connectivity index (χ3n) is 6.31. The fourth-order valence-electron chi connectivity index (χ4n) is 4.39. The highest BCUT2D eigenvalue weighted by molar-refractivity contribution is 5.79. The number of hydrogen-bond acceptors (Lipinski definition) is 5. The van der Waals surface area contributed by atoms with E-state index in [1.54, 1.807) is 7.11 Å². The fourth-order valence-corrected chi connectivity index (χ4v) is 4.39. The minimum atomic E-state index is 0.264. The SMILES string of the molecule is CN=C(NCCN1CCCCC1C)NCC(c1ccc(OC)cc1)N1CCOCC1. The van der Waals surface area contributed by atoms with Gasteiger partial charge in [0, 0.05) is 45.8 Å². The van der Waals surface area contributed by atoms with Gasteiger partial charge in [-0.15, -0.1) is 0 Å². The number of nitrogens with zero attached hydrogens (tertiary/aromatic N) is 3. The molecular formula is C23H39N5O2. The van der Waals surface area contributed by atoms with Gasteiger partial charge in [0.1, 0.15) is 5.75 Å². The van der Waals surface area contributed by atoms with Gasteiger partial charge in [0.15, 0.2) is 5.96 Å². The second kappa shape index (κ2) is 12.1. The highest BCUT2D eigenvalue weighted by Gasteiger charge is 2.23. The molecule has 2 heterocycles. The summed E-state index contributed by atoms with van der Waals surface area (Å²) in [5.41, 5.74) is 1.28. The molecule has 0 radical (unpaired) electrons. The molecule has 2 fully saturated rings. The highest BCUT2D eigenvalue weighted by Crippen LogP contribution is 2.23. The standard InChI is InChI=1S/C23H39N5O2/c1-19-6-4-5-12-27(19)13-11-25-23(24-2)26-18-22(28-14-16-30-17-15-28)20-7-9-21(29-3)10-8-20/h7-10,19,22H,4-6,11-18H2,1-3H3,(H2,24,25,26). The lowest BCUT2D eigenvalue weighted by molar-refractivity contribution is 0.0170. The van der Waals surface area contributed by atoms with Crippen LogP contribution in [-0.4, -0.2) is 88.4 Å². The maximum atomic E-state index is 5.57. The Balaban J connectivity index is 1.54. The van der Waals surface area contributed by atoms with Crippen LogP contribution in [0.25, 0.3) is 0 Å². The van der Waals surface area contributed by atoms with Crippen LogP contribution in [0, 0.1) is 0 Å². The Kier molecular flexibility index (Phi) is 9.24. The van der Waals surface area contributed by atoms with Crippen LogP contribution < -0.4 is 15.4 Å². The van der Waals surface area contributed by atoms with E-state index in [9.17, 15) is 0 Å². The minimum Gasteiger partial charge on any atom is -0.497 e. The van der Waals surface area contributed by atoms with Crippen molar-refractivity contribution in [3.05, 3.63) is 29.8 Å². The molecule has 0 aromatic heterocycles. The first kappa shape index (κ1) is 22.8. The molecule has 3 rings (SSSR count). The molecule has 0 saturated carbocycles. The molecule has 7 heteroatoms. The molecule has 7 nitrogen and oxygen atoms in total. The molecule has 2 aliphatic rings. The number of morpholine rings is 1. The monoisotopic (exact) mass is 417 g/mol. The van der Waals surface area contributed by atoms with Crippen molar-refractivity contribution >= 4 is 5.96 Å². The average molecular weight is 418 g/mol. The fraction of sp³-hybridized carbons (Fsp3) is 0.696. The summed E-state index contributed by atoms with van der Waals surface area (Å²) in [6, 6.07) is 9.35. The van der Waals surface area contributed by atoms with Crippen molar-refractivity contribution in [3.8, 4) is 5.75 Å². The van der Waals surface area contributed by atoms with Crippen LogP contribution in [0.15, 0.2) is 29.3 Å². The van der Waals surface area contributed by atoms with E-state index in [-0.39, 0.29) is 6.04 Å². The van der Waals surface area contributed by atoms with Gasteiger partial charge in [0.25, 0.3) is 0 Å². The van der Waals surface area contributed by atoms with Gasteiger partial charge in [0.05, 0.1) is 26.4 Å². The van der Waals surface area contributed by atoms with Crippen molar-refractivity contribution in [2.24, 2.45) is 4.99 Å². The number of benzene rings is 1. The van der Waals surface area contributed by atoms with Gasteiger partial charge in [-0.3, -0.25) is 14.8 Å². The Morgan fingerprint density at radius 2 is 1.93 bits per heavy atom. The predicted molar refractivity (Wildman–Crippen MR) is 122 cm³/mol. The molecule has 0 amide bonds. The summed E-state index contributed by atoms with van der Waals surface area (Å²) in [6.07, 6.45) is 4.00. The van der Waals surface area contributed by atoms with Gasteiger partial charge in [-0.05, 0) is 44.0 Å². The molecule has 2 N–H and O–H groups in total. The molecule has 1 aromatic rings. The van der Waals surface area contributed by atoms with Crippen molar-refractivity contribution in [3.63, 3.8) is 0 Å². The summed E-state index contributed by atoms with van der Waals surface area (Å²) in [4.78, 5) is 9.51. The largest absolute Gasteiger partial charge is 0.497 e. The van der Waals surface area contributed by atoms with Gasteiger partial charge >= 0.3 is 0 Å². The molecule has 0 bridgehead atoms. The number of piperidine rings is 1. The third-order valence-corrected chi connectivity index (χ3v) is 6.31. The van der Waals surface area contributed by atoms with Crippen LogP contribution in [0.5, 0.6) is 5.75 Å². The Morgan fingerprint density at radius 3 is 2.60 bits per heavy atom. The number of aliphatic imine (C=N–C) groups is 1. The number of rotatable bonds is 8. The molecule has 2 unspecified atom stereocenters. The molecule has 2 aliphatic heterocycles. The predicted octanol–water partition coefficient (Wildman–Crippen LogP) is 2.11. The Bertz CT molecular complexity index is 645. The van der Waals surface area contributed by atoms with Crippen molar-refractivity contribution in [1.29, 1.82) is 0 Å². The van der Waals surface area contributed by atoms with Gasteiger partial charge in [0.2, 0.25) is 0 Å². The van der Waals surface area contributed by atoms with Crippen LogP contribution in [0.4, 0.5) is 0 Å². The zero-order valence-corrected chi connectivity index (χ0v) is 18.9. The molecule has 2 saturated heterocycles. The van der Waals surface area contributed by atoms with E-state index in [1.807, 2.05) is 19.2 Å². The van der Waals surface area contributed by atoms with Crippen LogP contribution >= 0.6 is 0 Å². The summed E-state index contributed by atoms with van der Waals surface area (Å²) in [5.74, 6) is 1.75. The molecule has 0 spiro atoms. The van der Waals surface area contributed by atoms with E-state index in [1.165, 1.54) is 31.4 Å².